The van der Waals surface area contributed by atoms with Gasteiger partial charge in [-0.2, -0.15) is 0 Å². The zero-order chi connectivity index (χ0) is 18.6. The second kappa shape index (κ2) is 7.67. The number of hydrogen-bond donors (Lipinski definition) is 1. The standard InChI is InChI=1S/C19H21NO6/c1-20-9-2-10-25-16-4-3-14(11-15(16)20)7-8-19(12-24-13-19)26-18(23)6-5-17(21)22/h3-4,11H,2,5-6,9-10,12-13H2,1H3,(H,21,22). The van der Waals surface area contributed by atoms with Crippen molar-refractivity contribution in [1.82, 2.24) is 0 Å². The molecule has 26 heavy (non-hydrogen) atoms. The van der Waals surface area contributed by atoms with Crippen molar-refractivity contribution in [1.29, 1.82) is 0 Å². The van der Waals surface area contributed by atoms with E-state index in [4.69, 9.17) is 19.3 Å². The average Bonchev–Trinajstić information content (AvgIpc) is 2.77. The zero-order valence-electron chi connectivity index (χ0n) is 14.6. The van der Waals surface area contributed by atoms with E-state index in [0.29, 0.717) is 6.61 Å². The molecule has 0 atom stereocenters. The highest BCUT2D eigenvalue weighted by Gasteiger charge is 2.41. The highest BCUT2D eigenvalue weighted by Crippen LogP contribution is 2.31. The van der Waals surface area contributed by atoms with Crippen LogP contribution in [-0.4, -0.2) is 56.1 Å². The summed E-state index contributed by atoms with van der Waals surface area (Å²) < 4.78 is 16.2. The topological polar surface area (TPSA) is 85.3 Å². The number of esters is 1. The summed E-state index contributed by atoms with van der Waals surface area (Å²) in [7, 11) is 2.01. The molecule has 2 aliphatic rings. The molecular weight excluding hydrogens is 338 g/mol. The monoisotopic (exact) mass is 359 g/mol. The van der Waals surface area contributed by atoms with E-state index in [1.807, 2.05) is 25.2 Å². The van der Waals surface area contributed by atoms with Gasteiger partial charge in [0.1, 0.15) is 19.0 Å². The summed E-state index contributed by atoms with van der Waals surface area (Å²) in [6.07, 6.45) is 0.513. The van der Waals surface area contributed by atoms with E-state index in [-0.39, 0.29) is 26.1 Å². The van der Waals surface area contributed by atoms with Crippen LogP contribution in [0.25, 0.3) is 0 Å². The second-order valence-corrected chi connectivity index (χ2v) is 6.41. The molecule has 0 bridgehead atoms. The Morgan fingerprint density at radius 1 is 1.35 bits per heavy atom. The van der Waals surface area contributed by atoms with Crippen LogP contribution in [-0.2, 0) is 19.1 Å². The van der Waals surface area contributed by atoms with Crippen molar-refractivity contribution >= 4 is 17.6 Å². The van der Waals surface area contributed by atoms with Crippen LogP contribution in [0.4, 0.5) is 5.69 Å². The molecule has 1 N–H and O–H groups in total. The van der Waals surface area contributed by atoms with Crippen LogP contribution in [0.2, 0.25) is 0 Å². The largest absolute Gasteiger partial charge is 0.491 e. The predicted molar refractivity (Wildman–Crippen MR) is 93.2 cm³/mol. The summed E-state index contributed by atoms with van der Waals surface area (Å²) in [5, 5.41) is 8.65. The lowest BCUT2D eigenvalue weighted by molar-refractivity contribution is -0.192. The van der Waals surface area contributed by atoms with Gasteiger partial charge in [0.05, 0.1) is 25.1 Å². The van der Waals surface area contributed by atoms with Crippen molar-refractivity contribution in [3.63, 3.8) is 0 Å². The molecule has 3 rings (SSSR count). The fourth-order valence-corrected chi connectivity index (χ4v) is 2.73. The molecule has 1 saturated heterocycles. The molecule has 138 valence electrons. The molecule has 1 fully saturated rings. The maximum absolute atomic E-state index is 11.8. The number of carbonyl (C=O) groups excluding carboxylic acids is 1. The summed E-state index contributed by atoms with van der Waals surface area (Å²) in [4.78, 5) is 24.5. The van der Waals surface area contributed by atoms with Crippen LogP contribution in [0.3, 0.4) is 0 Å². The molecule has 0 aliphatic carbocycles. The minimum absolute atomic E-state index is 0.181. The number of rotatable bonds is 4. The van der Waals surface area contributed by atoms with Crippen LogP contribution in [0.5, 0.6) is 5.75 Å². The van der Waals surface area contributed by atoms with E-state index < -0.39 is 17.5 Å². The molecule has 0 radical (unpaired) electrons. The smallest absolute Gasteiger partial charge is 0.308 e. The number of ether oxygens (including phenoxy) is 3. The van der Waals surface area contributed by atoms with Crippen molar-refractivity contribution < 1.29 is 28.9 Å². The number of aliphatic carboxylic acids is 1. The van der Waals surface area contributed by atoms with Gasteiger partial charge in [-0.1, -0.05) is 5.92 Å². The number of nitrogens with zero attached hydrogens (tertiary/aromatic N) is 1. The first-order valence-electron chi connectivity index (χ1n) is 8.50. The Labute approximate surface area is 151 Å². The maximum Gasteiger partial charge on any atom is 0.308 e. The lowest BCUT2D eigenvalue weighted by atomic mass is 10.0. The Kier molecular flexibility index (Phi) is 5.33. The van der Waals surface area contributed by atoms with Crippen molar-refractivity contribution in [2.75, 3.05) is 38.3 Å². The van der Waals surface area contributed by atoms with E-state index in [2.05, 4.69) is 16.7 Å². The van der Waals surface area contributed by atoms with Gasteiger partial charge in [-0.05, 0) is 30.5 Å². The predicted octanol–water partition coefficient (Wildman–Crippen LogP) is 1.43. The Morgan fingerprint density at radius 3 is 2.85 bits per heavy atom. The summed E-state index contributed by atoms with van der Waals surface area (Å²) in [6.45, 7) is 1.97. The number of anilines is 1. The quantitative estimate of drug-likeness (QED) is 0.643. The third-order valence-electron chi connectivity index (χ3n) is 4.22. The number of carboxylic acids is 1. The van der Waals surface area contributed by atoms with Gasteiger partial charge in [-0.15, -0.1) is 0 Å². The highest BCUT2D eigenvalue weighted by molar-refractivity contribution is 5.77. The van der Waals surface area contributed by atoms with Gasteiger partial charge in [-0.3, -0.25) is 9.59 Å². The first-order chi connectivity index (χ1) is 12.5. The van der Waals surface area contributed by atoms with Crippen molar-refractivity contribution in [2.45, 2.75) is 24.9 Å². The van der Waals surface area contributed by atoms with Gasteiger partial charge in [0.15, 0.2) is 0 Å². The molecule has 7 nitrogen and oxygen atoms in total. The van der Waals surface area contributed by atoms with Crippen LogP contribution >= 0.6 is 0 Å². The van der Waals surface area contributed by atoms with Gasteiger partial charge in [-0.25, -0.2) is 0 Å². The van der Waals surface area contributed by atoms with Gasteiger partial charge < -0.3 is 24.2 Å². The van der Waals surface area contributed by atoms with Crippen molar-refractivity contribution in [3.8, 4) is 17.6 Å². The molecule has 7 heteroatoms. The van der Waals surface area contributed by atoms with E-state index >= 15 is 0 Å². The Hall–Kier alpha value is -2.72. The third kappa shape index (κ3) is 4.27. The number of hydrogen-bond acceptors (Lipinski definition) is 6. The second-order valence-electron chi connectivity index (χ2n) is 6.41. The van der Waals surface area contributed by atoms with Crippen LogP contribution in [0.1, 0.15) is 24.8 Å². The first kappa shape index (κ1) is 18.1. The normalized spacial score (nSPS) is 17.5. The number of carboxylic acid groups (broad SMARTS) is 1. The van der Waals surface area contributed by atoms with Crippen molar-refractivity contribution in [3.05, 3.63) is 23.8 Å². The van der Waals surface area contributed by atoms with Crippen LogP contribution < -0.4 is 9.64 Å². The molecular formula is C19H21NO6. The third-order valence-corrected chi connectivity index (χ3v) is 4.22. The van der Waals surface area contributed by atoms with Crippen LogP contribution in [0, 0.1) is 11.8 Å². The van der Waals surface area contributed by atoms with E-state index in [9.17, 15) is 9.59 Å². The van der Waals surface area contributed by atoms with E-state index in [0.717, 1.165) is 30.0 Å². The number of benzene rings is 1. The molecule has 0 unspecified atom stereocenters. The molecule has 0 aromatic heterocycles. The molecule has 1 aromatic carbocycles. The maximum atomic E-state index is 11.8. The minimum atomic E-state index is -1.04. The van der Waals surface area contributed by atoms with Crippen LogP contribution in [0.15, 0.2) is 18.2 Å². The Balaban J connectivity index is 1.73. The number of carbonyl (C=O) groups is 2. The average molecular weight is 359 g/mol. The Morgan fingerprint density at radius 2 is 2.15 bits per heavy atom. The van der Waals surface area contributed by atoms with Crippen molar-refractivity contribution in [2.24, 2.45) is 0 Å². The lowest BCUT2D eigenvalue weighted by Gasteiger charge is -2.35. The van der Waals surface area contributed by atoms with Gasteiger partial charge >= 0.3 is 11.9 Å². The summed E-state index contributed by atoms with van der Waals surface area (Å²) in [6, 6.07) is 5.71. The van der Waals surface area contributed by atoms with Gasteiger partial charge in [0.2, 0.25) is 5.60 Å². The minimum Gasteiger partial charge on any atom is -0.491 e. The zero-order valence-corrected chi connectivity index (χ0v) is 14.6. The number of fused-ring (bicyclic) bond motifs is 1. The fourth-order valence-electron chi connectivity index (χ4n) is 2.73. The molecule has 2 heterocycles. The lowest BCUT2D eigenvalue weighted by Crippen LogP contribution is -2.52. The molecule has 0 saturated carbocycles. The summed E-state index contributed by atoms with van der Waals surface area (Å²) >= 11 is 0. The van der Waals surface area contributed by atoms with E-state index in [1.54, 1.807) is 0 Å². The SMILES string of the molecule is CN1CCCOc2ccc(C#CC3(OC(=O)CCC(=O)O)COC3)cc21. The molecule has 1 aromatic rings. The molecule has 0 amide bonds. The van der Waals surface area contributed by atoms with E-state index in [1.165, 1.54) is 0 Å². The highest BCUT2D eigenvalue weighted by atomic mass is 16.6. The fraction of sp³-hybridized carbons (Fsp3) is 0.474. The van der Waals surface area contributed by atoms with Gasteiger partial charge in [0, 0.05) is 19.2 Å². The summed E-state index contributed by atoms with van der Waals surface area (Å²) in [5.41, 5.74) is 0.769. The summed E-state index contributed by atoms with van der Waals surface area (Å²) in [5.74, 6) is 5.23. The van der Waals surface area contributed by atoms with Gasteiger partial charge in [0.25, 0.3) is 0 Å². The molecule has 0 spiro atoms. The first-order valence-corrected chi connectivity index (χ1v) is 8.50. The Bertz CT molecular complexity index is 759. The molecule has 2 aliphatic heterocycles.